The molecule has 0 bridgehead atoms. The van der Waals surface area contributed by atoms with Gasteiger partial charge >= 0.3 is 0 Å². The Bertz CT molecular complexity index is 1170. The van der Waals surface area contributed by atoms with Crippen molar-refractivity contribution in [1.82, 2.24) is 9.88 Å². The SMILES string of the molecule is COc1cc(CN2C(=O)CCC2CO)c(-c2cccnc2OCc2ccccc2)cc1C(C)(C)C. The van der Waals surface area contributed by atoms with E-state index in [0.29, 0.717) is 31.9 Å². The number of aliphatic hydroxyl groups excluding tert-OH is 1. The van der Waals surface area contributed by atoms with E-state index < -0.39 is 0 Å². The number of amides is 1. The van der Waals surface area contributed by atoms with Crippen LogP contribution in [0.5, 0.6) is 11.6 Å². The summed E-state index contributed by atoms with van der Waals surface area (Å²) in [5.41, 5.74) is 4.69. The molecule has 1 saturated heterocycles. The average molecular weight is 475 g/mol. The van der Waals surface area contributed by atoms with E-state index in [0.717, 1.165) is 33.6 Å². The van der Waals surface area contributed by atoms with E-state index in [1.165, 1.54) is 0 Å². The van der Waals surface area contributed by atoms with Crippen molar-refractivity contribution in [2.45, 2.75) is 58.2 Å². The molecule has 4 rings (SSSR count). The second-order valence-electron chi connectivity index (χ2n) is 9.99. The van der Waals surface area contributed by atoms with Gasteiger partial charge in [-0.1, -0.05) is 51.1 Å². The Kier molecular flexibility index (Phi) is 7.41. The molecule has 0 spiro atoms. The fourth-order valence-electron chi connectivity index (χ4n) is 4.58. The van der Waals surface area contributed by atoms with E-state index in [1.807, 2.05) is 48.5 Å². The summed E-state index contributed by atoms with van der Waals surface area (Å²) >= 11 is 0. The topological polar surface area (TPSA) is 71.9 Å². The van der Waals surface area contributed by atoms with Crippen molar-refractivity contribution in [1.29, 1.82) is 0 Å². The molecule has 1 fully saturated rings. The van der Waals surface area contributed by atoms with Crippen molar-refractivity contribution in [3.63, 3.8) is 0 Å². The zero-order chi connectivity index (χ0) is 25.0. The van der Waals surface area contributed by atoms with Crippen LogP contribution in [0.15, 0.2) is 60.8 Å². The van der Waals surface area contributed by atoms with Crippen molar-refractivity contribution in [2.24, 2.45) is 0 Å². The number of hydrogen-bond acceptors (Lipinski definition) is 5. The molecule has 6 heteroatoms. The lowest BCUT2D eigenvalue weighted by Gasteiger charge is -2.28. The molecule has 2 aromatic carbocycles. The van der Waals surface area contributed by atoms with Gasteiger partial charge in [0.2, 0.25) is 11.8 Å². The number of benzene rings is 2. The zero-order valence-electron chi connectivity index (χ0n) is 21.0. The Morgan fingerprint density at radius 1 is 1.09 bits per heavy atom. The van der Waals surface area contributed by atoms with Crippen LogP contribution in [-0.4, -0.2) is 40.7 Å². The highest BCUT2D eigenvalue weighted by atomic mass is 16.5. The Morgan fingerprint density at radius 2 is 1.86 bits per heavy atom. The van der Waals surface area contributed by atoms with Gasteiger partial charge in [-0.15, -0.1) is 0 Å². The predicted octanol–water partition coefficient (Wildman–Crippen LogP) is 5.12. The number of nitrogens with zero attached hydrogens (tertiary/aromatic N) is 2. The van der Waals surface area contributed by atoms with Gasteiger partial charge in [0, 0.05) is 30.3 Å². The first kappa shape index (κ1) is 24.7. The molecule has 184 valence electrons. The second kappa shape index (κ2) is 10.5. The highest BCUT2D eigenvalue weighted by molar-refractivity contribution is 5.80. The van der Waals surface area contributed by atoms with Gasteiger partial charge in [0.25, 0.3) is 0 Å². The molecular weight excluding hydrogens is 440 g/mol. The summed E-state index contributed by atoms with van der Waals surface area (Å²) in [5, 5.41) is 9.84. The lowest BCUT2D eigenvalue weighted by Crippen LogP contribution is -2.35. The fourth-order valence-corrected chi connectivity index (χ4v) is 4.58. The molecule has 1 aliphatic rings. The number of carbonyl (C=O) groups is 1. The Morgan fingerprint density at radius 3 is 2.54 bits per heavy atom. The summed E-state index contributed by atoms with van der Waals surface area (Å²) in [7, 11) is 1.67. The van der Waals surface area contributed by atoms with Gasteiger partial charge in [-0.25, -0.2) is 4.98 Å². The summed E-state index contributed by atoms with van der Waals surface area (Å²) < 4.78 is 12.0. The van der Waals surface area contributed by atoms with Crippen LogP contribution in [0.1, 0.15) is 50.3 Å². The number of hydrogen-bond donors (Lipinski definition) is 1. The summed E-state index contributed by atoms with van der Waals surface area (Å²) in [4.78, 5) is 19.0. The van der Waals surface area contributed by atoms with Crippen LogP contribution >= 0.6 is 0 Å². The van der Waals surface area contributed by atoms with E-state index in [4.69, 9.17) is 9.47 Å². The van der Waals surface area contributed by atoms with Gasteiger partial charge in [0.1, 0.15) is 12.4 Å². The fraction of sp³-hybridized carbons (Fsp3) is 0.379. The summed E-state index contributed by atoms with van der Waals surface area (Å²) in [5.74, 6) is 1.37. The van der Waals surface area contributed by atoms with Crippen LogP contribution in [-0.2, 0) is 23.4 Å². The third-order valence-corrected chi connectivity index (χ3v) is 6.52. The number of likely N-dealkylation sites (tertiary alicyclic amines) is 1. The summed E-state index contributed by atoms with van der Waals surface area (Å²) in [6.07, 6.45) is 2.85. The van der Waals surface area contributed by atoms with Gasteiger partial charge in [-0.3, -0.25) is 4.79 Å². The molecule has 1 unspecified atom stereocenters. The third kappa shape index (κ3) is 5.49. The standard InChI is InChI=1S/C29H34N2O4/c1-29(2,3)25-16-24(21(15-26(25)34-4)17-31-22(18-32)12-13-27(31)33)23-11-8-14-30-28(23)35-19-20-9-6-5-7-10-20/h5-11,14-16,22,32H,12-13,17-19H2,1-4H3. The maximum atomic E-state index is 12.6. The average Bonchev–Trinajstić information content (AvgIpc) is 3.21. The molecule has 3 aromatic rings. The van der Waals surface area contributed by atoms with E-state index in [1.54, 1.807) is 18.2 Å². The van der Waals surface area contributed by atoms with E-state index >= 15 is 0 Å². The highest BCUT2D eigenvalue weighted by Gasteiger charge is 2.32. The minimum atomic E-state index is -0.175. The Balaban J connectivity index is 1.80. The van der Waals surface area contributed by atoms with Crippen LogP contribution in [0.25, 0.3) is 11.1 Å². The molecule has 1 atom stereocenters. The van der Waals surface area contributed by atoms with Crippen molar-refractivity contribution in [3.05, 3.63) is 77.5 Å². The maximum absolute atomic E-state index is 12.6. The first-order valence-corrected chi connectivity index (χ1v) is 12.1. The van der Waals surface area contributed by atoms with Gasteiger partial charge in [0.15, 0.2) is 0 Å². The van der Waals surface area contributed by atoms with Crippen molar-refractivity contribution in [3.8, 4) is 22.8 Å². The van der Waals surface area contributed by atoms with Gasteiger partial charge in [-0.2, -0.15) is 0 Å². The van der Waals surface area contributed by atoms with Crippen molar-refractivity contribution >= 4 is 5.91 Å². The van der Waals surface area contributed by atoms with Crippen molar-refractivity contribution in [2.75, 3.05) is 13.7 Å². The van der Waals surface area contributed by atoms with Crippen LogP contribution in [0.2, 0.25) is 0 Å². The number of methoxy groups -OCH3 is 1. The molecular formula is C29H34N2O4. The van der Waals surface area contributed by atoms with Crippen LogP contribution < -0.4 is 9.47 Å². The first-order valence-electron chi connectivity index (χ1n) is 12.1. The molecule has 0 aliphatic carbocycles. The minimum Gasteiger partial charge on any atom is -0.496 e. The number of carbonyl (C=O) groups excluding carboxylic acids is 1. The number of ether oxygens (including phenoxy) is 2. The van der Waals surface area contributed by atoms with Gasteiger partial charge in [0.05, 0.1) is 19.8 Å². The van der Waals surface area contributed by atoms with Gasteiger partial charge < -0.3 is 19.5 Å². The van der Waals surface area contributed by atoms with Crippen molar-refractivity contribution < 1.29 is 19.4 Å². The van der Waals surface area contributed by atoms with E-state index in [2.05, 4.69) is 31.8 Å². The smallest absolute Gasteiger partial charge is 0.223 e. The molecule has 0 saturated carbocycles. The molecule has 0 radical (unpaired) electrons. The Labute approximate surface area is 207 Å². The predicted molar refractivity (Wildman–Crippen MR) is 136 cm³/mol. The van der Waals surface area contributed by atoms with E-state index in [-0.39, 0.29) is 24.0 Å². The molecule has 1 aliphatic heterocycles. The summed E-state index contributed by atoms with van der Waals surface area (Å²) in [6, 6.07) is 17.9. The lowest BCUT2D eigenvalue weighted by atomic mass is 9.83. The normalized spacial score (nSPS) is 16.0. The molecule has 2 heterocycles. The molecule has 6 nitrogen and oxygen atoms in total. The number of aliphatic hydroxyl groups is 1. The third-order valence-electron chi connectivity index (χ3n) is 6.52. The monoisotopic (exact) mass is 474 g/mol. The molecule has 1 N–H and O–H groups in total. The maximum Gasteiger partial charge on any atom is 0.223 e. The highest BCUT2D eigenvalue weighted by Crippen LogP contribution is 2.41. The van der Waals surface area contributed by atoms with Crippen LogP contribution in [0, 0.1) is 0 Å². The largest absolute Gasteiger partial charge is 0.496 e. The van der Waals surface area contributed by atoms with E-state index in [9.17, 15) is 9.90 Å². The second-order valence-corrected chi connectivity index (χ2v) is 9.99. The number of aromatic nitrogens is 1. The number of rotatable bonds is 8. The van der Waals surface area contributed by atoms with Crippen LogP contribution in [0.4, 0.5) is 0 Å². The molecule has 1 aromatic heterocycles. The van der Waals surface area contributed by atoms with Gasteiger partial charge in [-0.05, 0) is 52.8 Å². The minimum absolute atomic E-state index is 0.0450. The van der Waals surface area contributed by atoms with Crippen LogP contribution in [0.3, 0.4) is 0 Å². The molecule has 1 amide bonds. The number of pyridine rings is 1. The zero-order valence-corrected chi connectivity index (χ0v) is 21.0. The molecule has 35 heavy (non-hydrogen) atoms. The lowest BCUT2D eigenvalue weighted by molar-refractivity contribution is -0.130. The summed E-state index contributed by atoms with van der Waals surface area (Å²) in [6.45, 7) is 7.19. The first-order chi connectivity index (χ1) is 16.8. The Hall–Kier alpha value is -3.38. The quantitative estimate of drug-likeness (QED) is 0.491.